The molecule has 6 heteroatoms. The summed E-state index contributed by atoms with van der Waals surface area (Å²) in [7, 11) is 0. The molecule has 0 spiro atoms. The van der Waals surface area contributed by atoms with E-state index in [0.29, 0.717) is 39.3 Å². The van der Waals surface area contributed by atoms with E-state index in [0.717, 1.165) is 0 Å². The Labute approximate surface area is 179 Å². The summed E-state index contributed by atoms with van der Waals surface area (Å²) in [6, 6.07) is 25.3. The van der Waals surface area contributed by atoms with E-state index in [2.05, 4.69) is 10.3 Å². The van der Waals surface area contributed by atoms with Gasteiger partial charge in [-0.1, -0.05) is 48.5 Å². The predicted octanol–water partition coefficient (Wildman–Crippen LogP) is 5.13. The molecule has 0 aliphatic carbocycles. The number of aryl methyl sites for hydroxylation is 1. The lowest BCUT2D eigenvalue weighted by Gasteiger charge is -2.12. The molecule has 0 aliphatic rings. The minimum Gasteiger partial charge on any atom is -0.455 e. The molecule has 0 saturated carbocycles. The number of carbonyl (C=O) groups is 2. The van der Waals surface area contributed by atoms with Crippen LogP contribution in [0.4, 0.5) is 5.69 Å². The smallest absolute Gasteiger partial charge is 0.339 e. The van der Waals surface area contributed by atoms with Gasteiger partial charge in [0.15, 0.2) is 12.4 Å². The molecule has 0 bridgehead atoms. The second-order valence-electron chi connectivity index (χ2n) is 6.86. The number of para-hydroxylation sites is 4. The Morgan fingerprint density at radius 1 is 0.903 bits per heavy atom. The van der Waals surface area contributed by atoms with Crippen LogP contribution in [-0.2, 0) is 9.53 Å². The van der Waals surface area contributed by atoms with Crippen molar-refractivity contribution >= 4 is 28.5 Å². The van der Waals surface area contributed by atoms with Gasteiger partial charge in [-0.3, -0.25) is 9.78 Å². The number of fused-ring (bicyclic) bond motifs is 1. The number of carbonyl (C=O) groups excluding carboxylic acids is 2. The molecule has 0 radical (unpaired) electrons. The number of anilines is 1. The minimum absolute atomic E-state index is 0.378. The van der Waals surface area contributed by atoms with Crippen LogP contribution in [0.15, 0.2) is 84.9 Å². The summed E-state index contributed by atoms with van der Waals surface area (Å²) in [6.07, 6.45) is 0. The van der Waals surface area contributed by atoms with Crippen molar-refractivity contribution in [2.24, 2.45) is 0 Å². The van der Waals surface area contributed by atoms with Crippen LogP contribution in [0.2, 0.25) is 0 Å². The van der Waals surface area contributed by atoms with Gasteiger partial charge in [-0.25, -0.2) is 4.79 Å². The monoisotopic (exact) mass is 412 g/mol. The third kappa shape index (κ3) is 4.87. The summed E-state index contributed by atoms with van der Waals surface area (Å²) in [6.45, 7) is 1.38. The van der Waals surface area contributed by atoms with Gasteiger partial charge in [0.25, 0.3) is 5.91 Å². The number of benzene rings is 3. The zero-order valence-corrected chi connectivity index (χ0v) is 16.9. The molecular weight excluding hydrogens is 392 g/mol. The van der Waals surface area contributed by atoms with E-state index >= 15 is 0 Å². The fourth-order valence-corrected chi connectivity index (χ4v) is 3.15. The highest BCUT2D eigenvalue weighted by Crippen LogP contribution is 2.29. The fraction of sp³-hybridized carbons (Fsp3) is 0.0800. The predicted molar refractivity (Wildman–Crippen MR) is 118 cm³/mol. The molecule has 1 amide bonds. The lowest BCUT2D eigenvalue weighted by molar-refractivity contribution is -0.119. The van der Waals surface area contributed by atoms with Crippen molar-refractivity contribution in [1.29, 1.82) is 0 Å². The van der Waals surface area contributed by atoms with Gasteiger partial charge in [-0.05, 0) is 43.3 Å². The van der Waals surface area contributed by atoms with E-state index in [-0.39, 0.29) is 0 Å². The Morgan fingerprint density at radius 3 is 2.45 bits per heavy atom. The number of nitrogens with zero attached hydrogens (tertiary/aromatic N) is 1. The number of pyridine rings is 1. The highest BCUT2D eigenvalue weighted by molar-refractivity contribution is 6.04. The maximum absolute atomic E-state index is 12.6. The maximum atomic E-state index is 12.6. The van der Waals surface area contributed by atoms with E-state index in [1.807, 2.05) is 54.6 Å². The van der Waals surface area contributed by atoms with Gasteiger partial charge in [-0.2, -0.15) is 0 Å². The lowest BCUT2D eigenvalue weighted by Crippen LogP contribution is -2.21. The van der Waals surface area contributed by atoms with Crippen LogP contribution < -0.4 is 10.1 Å². The fourth-order valence-electron chi connectivity index (χ4n) is 3.15. The van der Waals surface area contributed by atoms with Gasteiger partial charge in [0.05, 0.1) is 16.8 Å². The van der Waals surface area contributed by atoms with Crippen LogP contribution >= 0.6 is 0 Å². The third-order valence-corrected chi connectivity index (χ3v) is 4.53. The summed E-state index contributed by atoms with van der Waals surface area (Å²) in [5, 5.41) is 3.41. The van der Waals surface area contributed by atoms with Crippen LogP contribution in [0, 0.1) is 6.92 Å². The largest absolute Gasteiger partial charge is 0.455 e. The Hall–Kier alpha value is -4.19. The molecule has 0 unspecified atom stereocenters. The summed E-state index contributed by atoms with van der Waals surface area (Å²) >= 11 is 0. The molecule has 4 rings (SSSR count). The molecule has 0 aliphatic heterocycles. The Kier molecular flexibility index (Phi) is 5.89. The average molecular weight is 412 g/mol. The zero-order valence-electron chi connectivity index (χ0n) is 16.9. The highest BCUT2D eigenvalue weighted by Gasteiger charge is 2.16. The number of hydrogen-bond donors (Lipinski definition) is 1. The normalized spacial score (nSPS) is 10.5. The quantitative estimate of drug-likeness (QED) is 0.444. The first-order chi connectivity index (χ1) is 15.1. The first-order valence-corrected chi connectivity index (χ1v) is 9.75. The average Bonchev–Trinajstić information content (AvgIpc) is 2.79. The number of hydrogen-bond acceptors (Lipinski definition) is 5. The van der Waals surface area contributed by atoms with Crippen LogP contribution in [0.25, 0.3) is 10.9 Å². The maximum Gasteiger partial charge on any atom is 0.339 e. The summed E-state index contributed by atoms with van der Waals surface area (Å²) in [4.78, 5) is 29.5. The van der Waals surface area contributed by atoms with Gasteiger partial charge in [0, 0.05) is 11.1 Å². The van der Waals surface area contributed by atoms with Crippen molar-refractivity contribution in [3.05, 3.63) is 96.2 Å². The van der Waals surface area contributed by atoms with Crippen molar-refractivity contribution in [2.45, 2.75) is 6.92 Å². The molecule has 4 aromatic rings. The lowest BCUT2D eigenvalue weighted by atomic mass is 10.1. The minimum atomic E-state index is -0.578. The van der Waals surface area contributed by atoms with Gasteiger partial charge >= 0.3 is 5.97 Å². The molecule has 1 aromatic heterocycles. The van der Waals surface area contributed by atoms with Crippen LogP contribution in [0.5, 0.6) is 11.5 Å². The van der Waals surface area contributed by atoms with Crippen molar-refractivity contribution in [3.8, 4) is 11.5 Å². The van der Waals surface area contributed by atoms with Gasteiger partial charge < -0.3 is 14.8 Å². The summed E-state index contributed by atoms with van der Waals surface area (Å²) < 4.78 is 11.1. The van der Waals surface area contributed by atoms with Crippen molar-refractivity contribution < 1.29 is 19.1 Å². The van der Waals surface area contributed by atoms with Crippen LogP contribution in [-0.4, -0.2) is 23.5 Å². The van der Waals surface area contributed by atoms with Crippen LogP contribution in [0.1, 0.15) is 16.1 Å². The summed E-state index contributed by atoms with van der Waals surface area (Å²) in [5.41, 5.74) is 2.26. The molecule has 0 atom stereocenters. The highest BCUT2D eigenvalue weighted by atomic mass is 16.5. The SMILES string of the molecule is Cc1cc(C(=O)OCC(=O)Nc2ccccc2Oc2ccccc2)c2ccccc2n1. The Bertz CT molecular complexity index is 1240. The van der Waals surface area contributed by atoms with Gasteiger partial charge in [0.1, 0.15) is 5.75 Å². The topological polar surface area (TPSA) is 77.5 Å². The molecule has 3 aromatic carbocycles. The van der Waals surface area contributed by atoms with Gasteiger partial charge in [-0.15, -0.1) is 0 Å². The molecule has 1 heterocycles. The van der Waals surface area contributed by atoms with E-state index in [4.69, 9.17) is 9.47 Å². The second kappa shape index (κ2) is 9.09. The Morgan fingerprint density at radius 2 is 1.61 bits per heavy atom. The van der Waals surface area contributed by atoms with E-state index in [9.17, 15) is 9.59 Å². The first-order valence-electron chi connectivity index (χ1n) is 9.75. The molecule has 0 saturated heterocycles. The van der Waals surface area contributed by atoms with Crippen molar-refractivity contribution in [1.82, 2.24) is 4.98 Å². The number of nitrogens with one attached hydrogen (secondary N) is 1. The molecule has 1 N–H and O–H groups in total. The number of rotatable bonds is 6. The molecular formula is C25H20N2O4. The Balaban J connectivity index is 1.43. The third-order valence-electron chi connectivity index (χ3n) is 4.53. The number of esters is 1. The molecule has 6 nitrogen and oxygen atoms in total. The zero-order chi connectivity index (χ0) is 21.6. The van der Waals surface area contributed by atoms with Crippen molar-refractivity contribution in [3.63, 3.8) is 0 Å². The second-order valence-corrected chi connectivity index (χ2v) is 6.86. The van der Waals surface area contributed by atoms with Gasteiger partial charge in [0.2, 0.25) is 0 Å². The first kappa shape index (κ1) is 20.1. The number of aromatic nitrogens is 1. The van der Waals surface area contributed by atoms with E-state index < -0.39 is 18.5 Å². The summed E-state index contributed by atoms with van der Waals surface area (Å²) in [5.74, 6) is 0.0953. The molecule has 154 valence electrons. The molecule has 0 fully saturated rings. The van der Waals surface area contributed by atoms with E-state index in [1.54, 1.807) is 37.3 Å². The van der Waals surface area contributed by atoms with E-state index in [1.165, 1.54) is 0 Å². The number of amides is 1. The molecule has 31 heavy (non-hydrogen) atoms. The van der Waals surface area contributed by atoms with Crippen LogP contribution in [0.3, 0.4) is 0 Å². The number of ether oxygens (including phenoxy) is 2. The van der Waals surface area contributed by atoms with Crippen molar-refractivity contribution in [2.75, 3.05) is 11.9 Å². The standard InChI is InChI=1S/C25H20N2O4/c1-17-15-20(19-11-5-6-12-21(19)26-17)25(29)30-16-24(28)27-22-13-7-8-14-23(22)31-18-9-3-2-4-10-18/h2-15H,16H2,1H3,(H,27,28).